The lowest BCUT2D eigenvalue weighted by Crippen LogP contribution is -1.99. The highest BCUT2D eigenvalue weighted by Crippen LogP contribution is 2.13. The summed E-state index contributed by atoms with van der Waals surface area (Å²) in [6, 6.07) is 3.56. The summed E-state index contributed by atoms with van der Waals surface area (Å²) in [6.45, 7) is 2.37. The van der Waals surface area contributed by atoms with Gasteiger partial charge >= 0.3 is 0 Å². The number of pyridine rings is 1. The molecule has 70 valence electrons. The van der Waals surface area contributed by atoms with Crippen LogP contribution in [0.1, 0.15) is 12.5 Å². The number of aliphatic hydroxyl groups is 1. The van der Waals surface area contributed by atoms with Crippen molar-refractivity contribution in [2.24, 2.45) is 0 Å². The number of rotatable bonds is 4. The molecule has 1 heterocycles. The highest BCUT2D eigenvalue weighted by atomic mass is 16.5. The summed E-state index contributed by atoms with van der Waals surface area (Å²) in [5, 5.41) is 8.94. The van der Waals surface area contributed by atoms with Crippen molar-refractivity contribution in [1.82, 2.24) is 4.98 Å². The summed E-state index contributed by atoms with van der Waals surface area (Å²) >= 11 is 0. The molecule has 0 radical (unpaired) electrons. The van der Waals surface area contributed by atoms with Crippen LogP contribution >= 0.6 is 0 Å². The average molecular weight is 179 g/mol. The third kappa shape index (κ3) is 2.87. The number of nitrogens with zero attached hydrogens (tertiary/aromatic N) is 1. The molecule has 0 aliphatic rings. The van der Waals surface area contributed by atoms with Gasteiger partial charge in [-0.05, 0) is 19.1 Å². The van der Waals surface area contributed by atoms with Crippen LogP contribution in [0.4, 0.5) is 0 Å². The van der Waals surface area contributed by atoms with Crippen LogP contribution < -0.4 is 4.74 Å². The van der Waals surface area contributed by atoms with E-state index in [-0.39, 0.29) is 6.61 Å². The Hall–Kier alpha value is -1.35. The smallest absolute Gasteiger partial charge is 0.219 e. The Morgan fingerprint density at radius 3 is 3.15 bits per heavy atom. The van der Waals surface area contributed by atoms with Crippen LogP contribution in [0.2, 0.25) is 0 Å². The van der Waals surface area contributed by atoms with Gasteiger partial charge in [0.2, 0.25) is 5.88 Å². The number of aliphatic hydroxyl groups excluding tert-OH is 1. The lowest BCUT2D eigenvalue weighted by Gasteiger charge is -2.05. The molecular weight excluding hydrogens is 166 g/mol. The zero-order valence-corrected chi connectivity index (χ0v) is 7.60. The lowest BCUT2D eigenvalue weighted by atomic mass is 10.3. The van der Waals surface area contributed by atoms with Crippen LogP contribution in [0.25, 0.3) is 0 Å². The topological polar surface area (TPSA) is 42.4 Å². The van der Waals surface area contributed by atoms with Crippen LogP contribution in [0.15, 0.2) is 30.5 Å². The van der Waals surface area contributed by atoms with Gasteiger partial charge in [0, 0.05) is 11.8 Å². The molecule has 0 bridgehead atoms. The molecule has 3 heteroatoms. The molecule has 0 saturated carbocycles. The Kier molecular flexibility index (Phi) is 3.99. The van der Waals surface area contributed by atoms with Crippen molar-refractivity contribution in [2.75, 3.05) is 6.61 Å². The highest BCUT2D eigenvalue weighted by Gasteiger charge is 2.00. The zero-order chi connectivity index (χ0) is 9.52. The summed E-state index contributed by atoms with van der Waals surface area (Å²) in [5.41, 5.74) is 0.715. The van der Waals surface area contributed by atoms with E-state index in [1.54, 1.807) is 18.3 Å². The first-order valence-electron chi connectivity index (χ1n) is 4.17. The molecule has 1 aromatic heterocycles. The van der Waals surface area contributed by atoms with Gasteiger partial charge in [0.25, 0.3) is 0 Å². The molecule has 0 fully saturated rings. The van der Waals surface area contributed by atoms with Gasteiger partial charge in [0.1, 0.15) is 6.61 Å². The standard InChI is InChI=1S/C10H13NO2/c1-2-3-7-13-10-9(8-12)5-4-6-11-10/h2-6,12H,7-8H2,1H3. The Labute approximate surface area is 77.7 Å². The molecule has 13 heavy (non-hydrogen) atoms. The summed E-state index contributed by atoms with van der Waals surface area (Å²) in [5.74, 6) is 0.503. The van der Waals surface area contributed by atoms with Gasteiger partial charge in [-0.15, -0.1) is 0 Å². The van der Waals surface area contributed by atoms with Gasteiger partial charge in [-0.3, -0.25) is 0 Å². The number of hydrogen-bond acceptors (Lipinski definition) is 3. The summed E-state index contributed by atoms with van der Waals surface area (Å²) in [7, 11) is 0. The van der Waals surface area contributed by atoms with E-state index in [0.29, 0.717) is 18.1 Å². The fraction of sp³-hybridized carbons (Fsp3) is 0.300. The van der Waals surface area contributed by atoms with Crippen LogP contribution in [0.5, 0.6) is 5.88 Å². The SMILES string of the molecule is CC=CCOc1ncccc1CO. The first kappa shape index (κ1) is 9.74. The zero-order valence-electron chi connectivity index (χ0n) is 7.60. The Balaban J connectivity index is 2.64. The lowest BCUT2D eigenvalue weighted by molar-refractivity contribution is 0.266. The first-order chi connectivity index (χ1) is 6.38. The molecule has 0 atom stereocenters. The Bertz CT molecular complexity index is 284. The van der Waals surface area contributed by atoms with Gasteiger partial charge < -0.3 is 9.84 Å². The van der Waals surface area contributed by atoms with E-state index in [2.05, 4.69) is 4.98 Å². The highest BCUT2D eigenvalue weighted by molar-refractivity contribution is 5.24. The van der Waals surface area contributed by atoms with Crippen molar-refractivity contribution in [1.29, 1.82) is 0 Å². The molecule has 0 saturated heterocycles. The van der Waals surface area contributed by atoms with Gasteiger partial charge in [-0.25, -0.2) is 4.98 Å². The van der Waals surface area contributed by atoms with Gasteiger partial charge in [0.05, 0.1) is 6.61 Å². The maximum atomic E-state index is 8.94. The van der Waals surface area contributed by atoms with Crippen molar-refractivity contribution >= 4 is 0 Å². The molecular formula is C10H13NO2. The largest absolute Gasteiger partial charge is 0.473 e. The van der Waals surface area contributed by atoms with Crippen molar-refractivity contribution in [3.8, 4) is 5.88 Å². The second kappa shape index (κ2) is 5.32. The molecule has 0 spiro atoms. The minimum absolute atomic E-state index is 0.0426. The van der Waals surface area contributed by atoms with E-state index < -0.39 is 0 Å². The number of allylic oxidation sites excluding steroid dienone is 1. The third-order valence-electron chi connectivity index (χ3n) is 1.57. The van der Waals surface area contributed by atoms with Gasteiger partial charge in [-0.1, -0.05) is 12.2 Å². The number of aromatic nitrogens is 1. The average Bonchev–Trinajstić information content (AvgIpc) is 2.19. The second-order valence-electron chi connectivity index (χ2n) is 2.51. The molecule has 0 amide bonds. The maximum absolute atomic E-state index is 8.94. The molecule has 1 aromatic rings. The molecule has 0 unspecified atom stereocenters. The van der Waals surface area contributed by atoms with Crippen molar-refractivity contribution in [3.63, 3.8) is 0 Å². The van der Waals surface area contributed by atoms with Crippen molar-refractivity contribution < 1.29 is 9.84 Å². The predicted molar refractivity (Wildman–Crippen MR) is 50.5 cm³/mol. The Morgan fingerprint density at radius 2 is 2.46 bits per heavy atom. The van der Waals surface area contributed by atoms with Crippen LogP contribution in [0, 0.1) is 0 Å². The predicted octanol–water partition coefficient (Wildman–Crippen LogP) is 1.53. The van der Waals surface area contributed by atoms with Crippen LogP contribution in [0.3, 0.4) is 0 Å². The number of hydrogen-bond donors (Lipinski definition) is 1. The minimum atomic E-state index is -0.0426. The van der Waals surface area contributed by atoms with Crippen molar-refractivity contribution in [2.45, 2.75) is 13.5 Å². The quantitative estimate of drug-likeness (QED) is 0.713. The molecule has 1 N–H and O–H groups in total. The monoisotopic (exact) mass is 179 g/mol. The van der Waals surface area contributed by atoms with E-state index in [1.807, 2.05) is 19.1 Å². The van der Waals surface area contributed by atoms with Gasteiger partial charge in [-0.2, -0.15) is 0 Å². The molecule has 0 aliphatic carbocycles. The molecule has 0 aromatic carbocycles. The van der Waals surface area contributed by atoms with Crippen molar-refractivity contribution in [3.05, 3.63) is 36.0 Å². The normalized spacial score (nSPS) is 10.6. The van der Waals surface area contributed by atoms with E-state index in [1.165, 1.54) is 0 Å². The van der Waals surface area contributed by atoms with Crippen LogP contribution in [-0.2, 0) is 6.61 Å². The number of ether oxygens (including phenoxy) is 1. The molecule has 1 rings (SSSR count). The molecule has 0 aliphatic heterocycles. The van der Waals surface area contributed by atoms with E-state index in [0.717, 1.165) is 0 Å². The van der Waals surface area contributed by atoms with Gasteiger partial charge in [0.15, 0.2) is 0 Å². The maximum Gasteiger partial charge on any atom is 0.219 e. The van der Waals surface area contributed by atoms with E-state index >= 15 is 0 Å². The third-order valence-corrected chi connectivity index (χ3v) is 1.57. The minimum Gasteiger partial charge on any atom is -0.473 e. The fourth-order valence-electron chi connectivity index (χ4n) is 0.898. The van der Waals surface area contributed by atoms with E-state index in [9.17, 15) is 0 Å². The molecule has 3 nitrogen and oxygen atoms in total. The summed E-state index contributed by atoms with van der Waals surface area (Å²) in [6.07, 6.45) is 5.43. The second-order valence-corrected chi connectivity index (χ2v) is 2.51. The van der Waals surface area contributed by atoms with E-state index in [4.69, 9.17) is 9.84 Å². The fourth-order valence-corrected chi connectivity index (χ4v) is 0.898. The summed E-state index contributed by atoms with van der Waals surface area (Å²) in [4.78, 5) is 4.01. The first-order valence-corrected chi connectivity index (χ1v) is 4.17. The van der Waals surface area contributed by atoms with Crippen LogP contribution in [-0.4, -0.2) is 16.7 Å². The Morgan fingerprint density at radius 1 is 1.62 bits per heavy atom. The summed E-state index contributed by atoms with van der Waals surface area (Å²) < 4.78 is 5.31.